The quantitative estimate of drug-likeness (QED) is 0.823. The number of hydrogen-bond donors (Lipinski definition) is 2. The molecule has 1 atom stereocenters. The molecule has 2 N–H and O–H groups in total. The van der Waals surface area contributed by atoms with Gasteiger partial charge in [-0.25, -0.2) is 0 Å². The summed E-state index contributed by atoms with van der Waals surface area (Å²) >= 11 is -1.83. The largest absolute Gasteiger partial charge is 0.507 e. The first-order valence-electron chi connectivity index (χ1n) is 6.85. The highest BCUT2D eigenvalue weighted by Crippen LogP contribution is 2.27. The maximum absolute atomic E-state index is 12.1. The van der Waals surface area contributed by atoms with E-state index in [-0.39, 0.29) is 17.2 Å². The third-order valence-corrected chi connectivity index (χ3v) is 3.80. The summed E-state index contributed by atoms with van der Waals surface area (Å²) in [4.78, 5) is 13.4. The standard InChI is InChI=1S/C16H18N2O4S/c1-11-9-12(10-14(15(11)19)16(20)18(2)3)17-23(21)22-13-7-5-4-6-8-13/h4-10,17,19H,1-3H3. The van der Waals surface area contributed by atoms with Gasteiger partial charge in [-0.3, -0.25) is 9.52 Å². The fourth-order valence-electron chi connectivity index (χ4n) is 1.92. The predicted molar refractivity (Wildman–Crippen MR) is 89.7 cm³/mol. The van der Waals surface area contributed by atoms with Crippen LogP contribution in [0.1, 0.15) is 15.9 Å². The molecular weight excluding hydrogens is 316 g/mol. The number of anilines is 1. The SMILES string of the molecule is Cc1cc(NS(=O)Oc2ccccc2)cc(C(=O)N(C)C)c1O. The Labute approximate surface area is 137 Å². The highest BCUT2D eigenvalue weighted by atomic mass is 32.2. The number of carbonyl (C=O) groups is 1. The van der Waals surface area contributed by atoms with Crippen LogP contribution in [0, 0.1) is 6.92 Å². The number of aryl methyl sites for hydroxylation is 1. The number of nitrogens with zero attached hydrogens (tertiary/aromatic N) is 1. The van der Waals surface area contributed by atoms with Gasteiger partial charge in [0.2, 0.25) is 0 Å². The van der Waals surface area contributed by atoms with Crippen LogP contribution in [-0.2, 0) is 11.3 Å². The Morgan fingerprint density at radius 3 is 2.48 bits per heavy atom. The minimum absolute atomic E-state index is 0.0935. The Morgan fingerprint density at radius 1 is 1.22 bits per heavy atom. The van der Waals surface area contributed by atoms with E-state index in [0.29, 0.717) is 17.0 Å². The minimum Gasteiger partial charge on any atom is -0.507 e. The molecule has 0 saturated carbocycles. The van der Waals surface area contributed by atoms with E-state index in [2.05, 4.69) is 4.72 Å². The van der Waals surface area contributed by atoms with E-state index < -0.39 is 11.3 Å². The lowest BCUT2D eigenvalue weighted by molar-refractivity contribution is 0.0824. The van der Waals surface area contributed by atoms with E-state index in [0.717, 1.165) is 0 Å². The number of carbonyl (C=O) groups excluding carboxylic acids is 1. The van der Waals surface area contributed by atoms with Crippen molar-refractivity contribution in [2.24, 2.45) is 0 Å². The molecule has 6 nitrogen and oxygen atoms in total. The monoisotopic (exact) mass is 334 g/mol. The van der Waals surface area contributed by atoms with Crippen LogP contribution in [0.15, 0.2) is 42.5 Å². The first-order chi connectivity index (χ1) is 10.9. The van der Waals surface area contributed by atoms with E-state index in [1.54, 1.807) is 51.4 Å². The summed E-state index contributed by atoms with van der Waals surface area (Å²) in [6, 6.07) is 11.8. The Bertz CT molecular complexity index is 732. The molecule has 0 heterocycles. The normalized spacial score (nSPS) is 11.6. The molecule has 7 heteroatoms. The van der Waals surface area contributed by atoms with Crippen molar-refractivity contribution >= 4 is 22.9 Å². The van der Waals surface area contributed by atoms with Crippen LogP contribution in [0.4, 0.5) is 5.69 Å². The van der Waals surface area contributed by atoms with E-state index in [1.165, 1.54) is 11.0 Å². The van der Waals surface area contributed by atoms with Gasteiger partial charge in [0.25, 0.3) is 5.91 Å². The third kappa shape index (κ3) is 4.23. The van der Waals surface area contributed by atoms with Crippen molar-refractivity contribution < 1.29 is 18.3 Å². The van der Waals surface area contributed by atoms with Crippen molar-refractivity contribution in [3.8, 4) is 11.5 Å². The highest BCUT2D eigenvalue weighted by molar-refractivity contribution is 7.81. The van der Waals surface area contributed by atoms with Gasteiger partial charge < -0.3 is 14.2 Å². The molecule has 2 aromatic rings. The first kappa shape index (κ1) is 16.8. The molecule has 2 aromatic carbocycles. The maximum atomic E-state index is 12.1. The Kier molecular flexibility index (Phi) is 5.23. The van der Waals surface area contributed by atoms with Gasteiger partial charge in [0.1, 0.15) is 11.5 Å². The van der Waals surface area contributed by atoms with Crippen LogP contribution >= 0.6 is 0 Å². The summed E-state index contributed by atoms with van der Waals surface area (Å²) in [5.74, 6) is 0.0199. The van der Waals surface area contributed by atoms with Crippen LogP contribution in [-0.4, -0.2) is 34.2 Å². The second kappa shape index (κ2) is 7.15. The van der Waals surface area contributed by atoms with E-state index in [1.807, 2.05) is 6.07 Å². The van der Waals surface area contributed by atoms with Gasteiger partial charge in [-0.15, -0.1) is 0 Å². The number of amides is 1. The van der Waals surface area contributed by atoms with Crippen molar-refractivity contribution in [3.05, 3.63) is 53.6 Å². The lowest BCUT2D eigenvalue weighted by atomic mass is 10.1. The molecule has 0 saturated heterocycles. The molecule has 0 fully saturated rings. The van der Waals surface area contributed by atoms with Crippen molar-refractivity contribution in [3.63, 3.8) is 0 Å². The molecule has 0 aliphatic carbocycles. The topological polar surface area (TPSA) is 78.9 Å². The fourth-order valence-corrected chi connectivity index (χ4v) is 2.56. The molecule has 0 bridgehead atoms. The van der Waals surface area contributed by atoms with Crippen LogP contribution in [0.2, 0.25) is 0 Å². The lowest BCUT2D eigenvalue weighted by Crippen LogP contribution is -2.22. The second-order valence-electron chi connectivity index (χ2n) is 5.12. The molecule has 122 valence electrons. The number of aromatic hydroxyl groups is 1. The van der Waals surface area contributed by atoms with Crippen molar-refractivity contribution in [2.45, 2.75) is 6.92 Å². The average Bonchev–Trinajstić information content (AvgIpc) is 2.50. The van der Waals surface area contributed by atoms with Crippen molar-refractivity contribution in [1.29, 1.82) is 0 Å². The number of hydrogen-bond acceptors (Lipinski definition) is 4. The molecule has 0 aromatic heterocycles. The maximum Gasteiger partial charge on any atom is 0.316 e. The number of benzene rings is 2. The number of rotatable bonds is 5. The molecule has 23 heavy (non-hydrogen) atoms. The van der Waals surface area contributed by atoms with E-state index >= 15 is 0 Å². The van der Waals surface area contributed by atoms with Crippen LogP contribution in [0.25, 0.3) is 0 Å². The molecule has 0 aliphatic rings. The molecule has 0 aliphatic heterocycles. The van der Waals surface area contributed by atoms with Crippen LogP contribution in [0.5, 0.6) is 11.5 Å². The van der Waals surface area contributed by atoms with Gasteiger partial charge in [0.15, 0.2) is 0 Å². The minimum atomic E-state index is -1.83. The first-order valence-corrected chi connectivity index (χ1v) is 7.93. The molecule has 1 unspecified atom stereocenters. The lowest BCUT2D eigenvalue weighted by Gasteiger charge is -2.15. The second-order valence-corrected chi connectivity index (χ2v) is 5.96. The smallest absolute Gasteiger partial charge is 0.316 e. The zero-order valence-corrected chi connectivity index (χ0v) is 13.9. The van der Waals surface area contributed by atoms with Crippen molar-refractivity contribution in [2.75, 3.05) is 18.8 Å². The summed E-state index contributed by atoms with van der Waals surface area (Å²) < 4.78 is 19.9. The molecular formula is C16H18N2O4S. The fraction of sp³-hybridized carbons (Fsp3) is 0.188. The number of phenols is 1. The van der Waals surface area contributed by atoms with Gasteiger partial charge in [0, 0.05) is 14.1 Å². The zero-order chi connectivity index (χ0) is 17.0. The predicted octanol–water partition coefficient (Wildman–Crippen LogP) is 2.47. The Hall–Kier alpha value is -2.54. The van der Waals surface area contributed by atoms with Gasteiger partial charge >= 0.3 is 11.3 Å². The molecule has 0 spiro atoms. The highest BCUT2D eigenvalue weighted by Gasteiger charge is 2.17. The number of phenolic OH excluding ortho intramolecular Hbond substituents is 1. The average molecular weight is 334 g/mol. The van der Waals surface area contributed by atoms with Gasteiger partial charge in [0.05, 0.1) is 11.3 Å². The molecule has 1 amide bonds. The Morgan fingerprint density at radius 2 is 1.87 bits per heavy atom. The summed E-state index contributed by atoms with van der Waals surface area (Å²) in [7, 11) is 3.18. The van der Waals surface area contributed by atoms with Crippen LogP contribution < -0.4 is 8.91 Å². The summed E-state index contributed by atoms with van der Waals surface area (Å²) in [6.07, 6.45) is 0. The van der Waals surface area contributed by atoms with E-state index in [4.69, 9.17) is 4.18 Å². The molecule has 2 rings (SSSR count). The van der Waals surface area contributed by atoms with Crippen molar-refractivity contribution in [1.82, 2.24) is 4.90 Å². The summed E-state index contributed by atoms with van der Waals surface area (Å²) in [6.45, 7) is 1.66. The molecule has 0 radical (unpaired) electrons. The Balaban J connectivity index is 2.20. The summed E-state index contributed by atoms with van der Waals surface area (Å²) in [5.41, 5.74) is 1.05. The van der Waals surface area contributed by atoms with Crippen LogP contribution in [0.3, 0.4) is 0 Å². The number of para-hydroxylation sites is 1. The third-order valence-electron chi connectivity index (χ3n) is 3.05. The zero-order valence-electron chi connectivity index (χ0n) is 13.1. The number of nitrogens with one attached hydrogen (secondary N) is 1. The van der Waals surface area contributed by atoms with E-state index in [9.17, 15) is 14.1 Å². The van der Waals surface area contributed by atoms with Gasteiger partial charge in [-0.05, 0) is 36.8 Å². The van der Waals surface area contributed by atoms with Gasteiger partial charge in [-0.2, -0.15) is 4.21 Å². The summed E-state index contributed by atoms with van der Waals surface area (Å²) in [5, 5.41) is 10.0. The van der Waals surface area contributed by atoms with Gasteiger partial charge in [-0.1, -0.05) is 18.2 Å².